The molecular formula is C17H14N2O3. The highest BCUT2D eigenvalue weighted by Crippen LogP contribution is 2.30. The largest absolute Gasteiger partial charge is 0.337 e. The van der Waals surface area contributed by atoms with E-state index in [1.165, 1.54) is 13.0 Å². The molecular weight excluding hydrogens is 280 g/mol. The van der Waals surface area contributed by atoms with Gasteiger partial charge in [0, 0.05) is 29.8 Å². The number of Topliss-reactive ketones (excluding diaryl/α,β-unsaturated/α-hetero) is 1. The zero-order valence-corrected chi connectivity index (χ0v) is 12.0. The van der Waals surface area contributed by atoms with Crippen LogP contribution in [0.15, 0.2) is 54.7 Å². The molecule has 0 saturated carbocycles. The van der Waals surface area contributed by atoms with Crippen molar-refractivity contribution in [1.82, 2.24) is 4.57 Å². The zero-order valence-electron chi connectivity index (χ0n) is 12.0. The number of ketones is 1. The summed E-state index contributed by atoms with van der Waals surface area (Å²) >= 11 is 0. The van der Waals surface area contributed by atoms with Crippen LogP contribution in [0.5, 0.6) is 0 Å². The van der Waals surface area contributed by atoms with E-state index in [-0.39, 0.29) is 11.5 Å². The molecule has 5 nitrogen and oxygen atoms in total. The Kier molecular flexibility index (Phi) is 3.47. The first-order valence-corrected chi connectivity index (χ1v) is 6.89. The average molecular weight is 294 g/mol. The SMILES string of the molecule is CC(=O)c1cn(Cc2ccccc2)c2c([N+](=O)[O-])cccc12. The van der Waals surface area contributed by atoms with E-state index >= 15 is 0 Å². The summed E-state index contributed by atoms with van der Waals surface area (Å²) in [4.78, 5) is 22.7. The lowest BCUT2D eigenvalue weighted by Gasteiger charge is -2.05. The van der Waals surface area contributed by atoms with Gasteiger partial charge < -0.3 is 4.57 Å². The number of nitro groups is 1. The van der Waals surface area contributed by atoms with Crippen molar-refractivity contribution in [3.63, 3.8) is 0 Å². The second-order valence-electron chi connectivity index (χ2n) is 5.14. The van der Waals surface area contributed by atoms with Gasteiger partial charge in [-0.05, 0) is 12.5 Å². The highest BCUT2D eigenvalue weighted by Gasteiger charge is 2.20. The van der Waals surface area contributed by atoms with Crippen molar-refractivity contribution < 1.29 is 9.72 Å². The molecule has 3 rings (SSSR count). The van der Waals surface area contributed by atoms with E-state index in [9.17, 15) is 14.9 Å². The van der Waals surface area contributed by atoms with Gasteiger partial charge in [0.25, 0.3) is 5.69 Å². The second kappa shape index (κ2) is 5.44. The van der Waals surface area contributed by atoms with Crippen LogP contribution in [0, 0.1) is 10.1 Å². The van der Waals surface area contributed by atoms with Gasteiger partial charge in [0.05, 0.1) is 4.92 Å². The van der Waals surface area contributed by atoms with Crippen LogP contribution < -0.4 is 0 Å². The fourth-order valence-corrected chi connectivity index (χ4v) is 2.67. The smallest absolute Gasteiger partial charge is 0.293 e. The molecule has 1 heterocycles. The second-order valence-corrected chi connectivity index (χ2v) is 5.14. The summed E-state index contributed by atoms with van der Waals surface area (Å²) in [5, 5.41) is 11.9. The highest BCUT2D eigenvalue weighted by molar-refractivity contribution is 6.08. The minimum Gasteiger partial charge on any atom is -0.337 e. The maximum Gasteiger partial charge on any atom is 0.293 e. The molecule has 0 radical (unpaired) electrons. The van der Waals surface area contributed by atoms with E-state index in [2.05, 4.69) is 0 Å². The van der Waals surface area contributed by atoms with Crippen LogP contribution in [0.25, 0.3) is 10.9 Å². The van der Waals surface area contributed by atoms with Crippen LogP contribution in [0.2, 0.25) is 0 Å². The van der Waals surface area contributed by atoms with Gasteiger partial charge in [0.15, 0.2) is 5.78 Å². The molecule has 3 aromatic rings. The predicted molar refractivity (Wildman–Crippen MR) is 84.1 cm³/mol. The molecule has 0 atom stereocenters. The van der Waals surface area contributed by atoms with E-state index in [4.69, 9.17) is 0 Å². The highest BCUT2D eigenvalue weighted by atomic mass is 16.6. The molecule has 22 heavy (non-hydrogen) atoms. The van der Waals surface area contributed by atoms with Crippen molar-refractivity contribution in [1.29, 1.82) is 0 Å². The van der Waals surface area contributed by atoms with Crippen LogP contribution in [0.3, 0.4) is 0 Å². The van der Waals surface area contributed by atoms with Crippen LogP contribution in [-0.4, -0.2) is 15.3 Å². The van der Waals surface area contributed by atoms with Crippen molar-refractivity contribution >= 4 is 22.4 Å². The topological polar surface area (TPSA) is 65.1 Å². The lowest BCUT2D eigenvalue weighted by molar-refractivity contribution is -0.383. The van der Waals surface area contributed by atoms with E-state index in [0.717, 1.165) is 5.56 Å². The third-order valence-corrected chi connectivity index (χ3v) is 3.65. The lowest BCUT2D eigenvalue weighted by Crippen LogP contribution is -2.00. The van der Waals surface area contributed by atoms with E-state index in [1.54, 1.807) is 22.9 Å². The third-order valence-electron chi connectivity index (χ3n) is 3.65. The van der Waals surface area contributed by atoms with Gasteiger partial charge in [0.1, 0.15) is 5.52 Å². The molecule has 0 bridgehead atoms. The molecule has 0 aliphatic heterocycles. The molecule has 110 valence electrons. The molecule has 2 aromatic carbocycles. The fraction of sp³-hybridized carbons (Fsp3) is 0.118. The van der Waals surface area contributed by atoms with Crippen molar-refractivity contribution in [2.75, 3.05) is 0 Å². The first-order chi connectivity index (χ1) is 10.6. The molecule has 0 spiro atoms. The summed E-state index contributed by atoms with van der Waals surface area (Å²) in [6.07, 6.45) is 1.70. The quantitative estimate of drug-likeness (QED) is 0.417. The predicted octanol–water partition coefficient (Wildman–Crippen LogP) is 3.80. The molecule has 0 aliphatic carbocycles. The summed E-state index contributed by atoms with van der Waals surface area (Å²) in [6, 6.07) is 14.5. The number of carbonyl (C=O) groups excluding carboxylic acids is 1. The van der Waals surface area contributed by atoms with Gasteiger partial charge >= 0.3 is 0 Å². The summed E-state index contributed by atoms with van der Waals surface area (Å²) in [6.45, 7) is 1.95. The molecule has 0 amide bonds. The number of benzene rings is 2. The van der Waals surface area contributed by atoms with Gasteiger partial charge in [-0.15, -0.1) is 0 Å². The number of hydrogen-bond acceptors (Lipinski definition) is 3. The molecule has 0 N–H and O–H groups in total. The van der Waals surface area contributed by atoms with Crippen LogP contribution in [0.1, 0.15) is 22.8 Å². The summed E-state index contributed by atoms with van der Waals surface area (Å²) < 4.78 is 1.78. The Morgan fingerprint density at radius 3 is 2.50 bits per heavy atom. The number of carbonyl (C=O) groups is 1. The van der Waals surface area contributed by atoms with Gasteiger partial charge in [-0.2, -0.15) is 0 Å². The molecule has 0 unspecified atom stereocenters. The number of fused-ring (bicyclic) bond motifs is 1. The number of nitrogens with zero attached hydrogens (tertiary/aromatic N) is 2. The lowest BCUT2D eigenvalue weighted by atomic mass is 10.1. The van der Waals surface area contributed by atoms with Crippen LogP contribution in [0.4, 0.5) is 5.69 Å². The Bertz CT molecular complexity index is 866. The van der Waals surface area contributed by atoms with Crippen molar-refractivity contribution in [3.8, 4) is 0 Å². The molecule has 0 aliphatic rings. The Balaban J connectivity index is 2.24. The Morgan fingerprint density at radius 1 is 1.14 bits per heavy atom. The maximum atomic E-state index is 11.8. The minimum absolute atomic E-state index is 0.0148. The molecule has 0 saturated heterocycles. The van der Waals surface area contributed by atoms with Crippen molar-refractivity contribution in [2.45, 2.75) is 13.5 Å². The summed E-state index contributed by atoms with van der Waals surface area (Å²) in [5.74, 6) is -0.0997. The number of aromatic nitrogens is 1. The van der Waals surface area contributed by atoms with Crippen LogP contribution in [-0.2, 0) is 6.54 Å². The standard InChI is InChI=1S/C17H14N2O3/c1-12(20)15-11-18(10-13-6-3-2-4-7-13)17-14(15)8-5-9-16(17)19(21)22/h2-9,11H,10H2,1H3. The van der Waals surface area contributed by atoms with E-state index in [1.807, 2.05) is 30.3 Å². The Morgan fingerprint density at radius 2 is 1.86 bits per heavy atom. The van der Waals surface area contributed by atoms with Crippen molar-refractivity contribution in [3.05, 3.63) is 76.0 Å². The fourth-order valence-electron chi connectivity index (χ4n) is 2.67. The van der Waals surface area contributed by atoms with Crippen molar-refractivity contribution in [2.24, 2.45) is 0 Å². The number of rotatable bonds is 4. The maximum absolute atomic E-state index is 11.8. The number of non-ortho nitro benzene ring substituents is 1. The zero-order chi connectivity index (χ0) is 15.7. The number of para-hydroxylation sites is 1. The summed E-state index contributed by atoms with van der Waals surface area (Å²) in [5.41, 5.74) is 2.03. The van der Waals surface area contributed by atoms with E-state index < -0.39 is 4.92 Å². The Labute approximate surface area is 126 Å². The molecule has 1 aromatic heterocycles. The van der Waals surface area contributed by atoms with E-state index in [0.29, 0.717) is 23.0 Å². The number of nitro benzene ring substituents is 1. The van der Waals surface area contributed by atoms with Crippen LogP contribution >= 0.6 is 0 Å². The monoisotopic (exact) mass is 294 g/mol. The Hall–Kier alpha value is -2.95. The molecule has 5 heteroatoms. The minimum atomic E-state index is -0.409. The van der Waals surface area contributed by atoms with Gasteiger partial charge in [-0.1, -0.05) is 42.5 Å². The molecule has 0 fully saturated rings. The third kappa shape index (κ3) is 2.37. The van der Waals surface area contributed by atoms with Gasteiger partial charge in [0.2, 0.25) is 0 Å². The summed E-state index contributed by atoms with van der Waals surface area (Å²) in [7, 11) is 0. The first-order valence-electron chi connectivity index (χ1n) is 6.89. The number of hydrogen-bond donors (Lipinski definition) is 0. The van der Waals surface area contributed by atoms with Gasteiger partial charge in [-0.3, -0.25) is 14.9 Å². The van der Waals surface area contributed by atoms with Gasteiger partial charge in [-0.25, -0.2) is 0 Å². The normalized spacial score (nSPS) is 10.8. The first kappa shape index (κ1) is 14.0. The average Bonchev–Trinajstić information content (AvgIpc) is 2.87.